The Kier molecular flexibility index (Phi) is 6.23. The van der Waals surface area contributed by atoms with Gasteiger partial charge in [0.05, 0.1) is 6.04 Å². The number of ketones is 1. The fourth-order valence-corrected chi connectivity index (χ4v) is 2.34. The summed E-state index contributed by atoms with van der Waals surface area (Å²) in [7, 11) is 0. The molecule has 0 bridgehead atoms. The molecular weight excluding hydrogens is 234 g/mol. The molecule has 0 aliphatic carbocycles. The number of nitrogens with zero attached hydrogens (tertiary/aromatic N) is 1. The lowest BCUT2D eigenvalue weighted by atomic mass is 10.0. The van der Waals surface area contributed by atoms with Gasteiger partial charge in [-0.05, 0) is 18.8 Å². The standard InChI is InChI=1S/C17H27NO/c1-13(2)11-18(12-14(3)4)15(5)17(19)16-9-7-6-8-10-16/h6-10,13-15H,11-12H2,1-5H3. The summed E-state index contributed by atoms with van der Waals surface area (Å²) in [6.45, 7) is 12.8. The Morgan fingerprint density at radius 2 is 1.42 bits per heavy atom. The number of hydrogen-bond acceptors (Lipinski definition) is 2. The van der Waals surface area contributed by atoms with Crippen LogP contribution in [0.5, 0.6) is 0 Å². The predicted molar refractivity (Wildman–Crippen MR) is 81.5 cm³/mol. The highest BCUT2D eigenvalue weighted by molar-refractivity contribution is 5.99. The summed E-state index contributed by atoms with van der Waals surface area (Å²) in [5, 5.41) is 0. The number of carbonyl (C=O) groups is 1. The molecule has 19 heavy (non-hydrogen) atoms. The van der Waals surface area contributed by atoms with Gasteiger partial charge in [0.1, 0.15) is 0 Å². The van der Waals surface area contributed by atoms with Crippen LogP contribution >= 0.6 is 0 Å². The van der Waals surface area contributed by atoms with Crippen LogP contribution in [0.3, 0.4) is 0 Å². The minimum absolute atomic E-state index is 0.0489. The first-order valence-electron chi connectivity index (χ1n) is 7.25. The fraction of sp³-hybridized carbons (Fsp3) is 0.588. The third kappa shape index (κ3) is 5.15. The molecule has 1 aromatic rings. The van der Waals surface area contributed by atoms with Crippen molar-refractivity contribution < 1.29 is 4.79 Å². The van der Waals surface area contributed by atoms with Gasteiger partial charge >= 0.3 is 0 Å². The Hall–Kier alpha value is -1.15. The van der Waals surface area contributed by atoms with Crippen molar-refractivity contribution in [2.45, 2.75) is 40.7 Å². The van der Waals surface area contributed by atoms with Crippen LogP contribution in [0, 0.1) is 11.8 Å². The van der Waals surface area contributed by atoms with Crippen LogP contribution in [0.2, 0.25) is 0 Å². The molecule has 0 aliphatic rings. The number of Topliss-reactive ketones (excluding diaryl/α,β-unsaturated/α-hetero) is 1. The Morgan fingerprint density at radius 1 is 0.947 bits per heavy atom. The van der Waals surface area contributed by atoms with Crippen molar-refractivity contribution in [2.24, 2.45) is 11.8 Å². The highest BCUT2D eigenvalue weighted by Crippen LogP contribution is 2.13. The first kappa shape index (κ1) is 15.9. The molecule has 1 unspecified atom stereocenters. The highest BCUT2D eigenvalue weighted by atomic mass is 16.1. The van der Waals surface area contributed by atoms with Gasteiger partial charge in [0, 0.05) is 18.7 Å². The van der Waals surface area contributed by atoms with E-state index in [1.54, 1.807) is 0 Å². The zero-order chi connectivity index (χ0) is 14.4. The van der Waals surface area contributed by atoms with E-state index < -0.39 is 0 Å². The third-order valence-electron chi connectivity index (χ3n) is 3.18. The Bertz CT molecular complexity index is 374. The van der Waals surface area contributed by atoms with Crippen LogP contribution in [0.25, 0.3) is 0 Å². The molecule has 1 atom stereocenters. The first-order valence-corrected chi connectivity index (χ1v) is 7.25. The molecule has 1 aromatic carbocycles. The molecule has 0 saturated carbocycles. The zero-order valence-corrected chi connectivity index (χ0v) is 12.9. The Labute approximate surface area is 117 Å². The molecule has 0 aliphatic heterocycles. The van der Waals surface area contributed by atoms with E-state index in [2.05, 4.69) is 32.6 Å². The Balaban J connectivity index is 2.80. The molecule has 2 heteroatoms. The molecule has 0 heterocycles. The van der Waals surface area contributed by atoms with Crippen LogP contribution < -0.4 is 0 Å². The van der Waals surface area contributed by atoms with E-state index in [0.717, 1.165) is 18.7 Å². The second-order valence-corrected chi connectivity index (χ2v) is 6.15. The van der Waals surface area contributed by atoms with E-state index in [1.807, 2.05) is 37.3 Å². The minimum Gasteiger partial charge on any atom is -0.293 e. The maximum absolute atomic E-state index is 12.5. The summed E-state index contributed by atoms with van der Waals surface area (Å²) in [6.07, 6.45) is 0. The molecule has 0 N–H and O–H groups in total. The molecule has 1 rings (SSSR count). The van der Waals surface area contributed by atoms with Crippen molar-refractivity contribution in [2.75, 3.05) is 13.1 Å². The van der Waals surface area contributed by atoms with Gasteiger partial charge in [-0.1, -0.05) is 58.0 Å². The lowest BCUT2D eigenvalue weighted by Gasteiger charge is -2.31. The second-order valence-electron chi connectivity index (χ2n) is 6.15. The molecule has 106 valence electrons. The molecule has 0 saturated heterocycles. The summed E-state index contributed by atoms with van der Waals surface area (Å²) in [4.78, 5) is 14.8. The van der Waals surface area contributed by atoms with Gasteiger partial charge in [0.15, 0.2) is 5.78 Å². The minimum atomic E-state index is -0.0489. The largest absolute Gasteiger partial charge is 0.293 e. The maximum atomic E-state index is 12.5. The van der Waals surface area contributed by atoms with Crippen molar-refractivity contribution >= 4 is 5.78 Å². The van der Waals surface area contributed by atoms with Gasteiger partial charge in [-0.15, -0.1) is 0 Å². The van der Waals surface area contributed by atoms with Gasteiger partial charge < -0.3 is 0 Å². The van der Waals surface area contributed by atoms with Crippen LogP contribution in [0.15, 0.2) is 30.3 Å². The molecule has 0 aromatic heterocycles. The lowest BCUT2D eigenvalue weighted by molar-refractivity contribution is 0.0801. The number of hydrogen-bond donors (Lipinski definition) is 0. The van der Waals surface area contributed by atoms with E-state index in [0.29, 0.717) is 11.8 Å². The molecule has 0 radical (unpaired) electrons. The van der Waals surface area contributed by atoms with Crippen molar-refractivity contribution in [1.29, 1.82) is 0 Å². The normalized spacial score (nSPS) is 13.3. The quantitative estimate of drug-likeness (QED) is 0.694. The van der Waals surface area contributed by atoms with Crippen molar-refractivity contribution in [1.82, 2.24) is 4.90 Å². The summed E-state index contributed by atoms with van der Waals surface area (Å²) >= 11 is 0. The van der Waals surface area contributed by atoms with Crippen LogP contribution in [0.1, 0.15) is 45.0 Å². The first-order chi connectivity index (χ1) is 8.91. The predicted octanol–water partition coefficient (Wildman–Crippen LogP) is 3.87. The van der Waals surface area contributed by atoms with Crippen LogP contribution in [0.4, 0.5) is 0 Å². The van der Waals surface area contributed by atoms with E-state index in [4.69, 9.17) is 0 Å². The second kappa shape index (κ2) is 7.44. The van der Waals surface area contributed by atoms with Crippen molar-refractivity contribution in [3.8, 4) is 0 Å². The van der Waals surface area contributed by atoms with Gasteiger partial charge in [0.25, 0.3) is 0 Å². The zero-order valence-electron chi connectivity index (χ0n) is 12.9. The summed E-state index contributed by atoms with van der Waals surface area (Å²) in [6, 6.07) is 9.56. The SMILES string of the molecule is CC(C)CN(CC(C)C)C(C)C(=O)c1ccccc1. The molecule has 0 spiro atoms. The van der Waals surface area contributed by atoms with Gasteiger partial charge in [0.2, 0.25) is 0 Å². The van der Waals surface area contributed by atoms with Gasteiger partial charge in [-0.25, -0.2) is 0 Å². The van der Waals surface area contributed by atoms with Crippen molar-refractivity contribution in [3.05, 3.63) is 35.9 Å². The summed E-state index contributed by atoms with van der Waals surface area (Å²) < 4.78 is 0. The summed E-state index contributed by atoms with van der Waals surface area (Å²) in [5.74, 6) is 1.37. The fourth-order valence-electron chi connectivity index (χ4n) is 2.34. The van der Waals surface area contributed by atoms with E-state index in [9.17, 15) is 4.79 Å². The number of benzene rings is 1. The Morgan fingerprint density at radius 3 is 1.84 bits per heavy atom. The van der Waals surface area contributed by atoms with Crippen LogP contribution in [-0.4, -0.2) is 29.8 Å². The molecule has 0 fully saturated rings. The average molecular weight is 261 g/mol. The van der Waals surface area contributed by atoms with Gasteiger partial charge in [-0.2, -0.15) is 0 Å². The molecule has 0 amide bonds. The maximum Gasteiger partial charge on any atom is 0.179 e. The number of carbonyl (C=O) groups excluding carboxylic acids is 1. The molecule has 2 nitrogen and oxygen atoms in total. The van der Waals surface area contributed by atoms with E-state index >= 15 is 0 Å². The smallest absolute Gasteiger partial charge is 0.179 e. The number of rotatable bonds is 7. The average Bonchev–Trinajstić information content (AvgIpc) is 2.36. The lowest BCUT2D eigenvalue weighted by Crippen LogP contribution is -2.43. The van der Waals surface area contributed by atoms with Crippen molar-refractivity contribution in [3.63, 3.8) is 0 Å². The highest BCUT2D eigenvalue weighted by Gasteiger charge is 2.23. The monoisotopic (exact) mass is 261 g/mol. The van der Waals surface area contributed by atoms with Crippen LogP contribution in [-0.2, 0) is 0 Å². The topological polar surface area (TPSA) is 20.3 Å². The van der Waals surface area contributed by atoms with E-state index in [-0.39, 0.29) is 11.8 Å². The summed E-state index contributed by atoms with van der Waals surface area (Å²) in [5.41, 5.74) is 0.813. The van der Waals surface area contributed by atoms with Gasteiger partial charge in [-0.3, -0.25) is 9.69 Å². The third-order valence-corrected chi connectivity index (χ3v) is 3.18. The molecular formula is C17H27NO. The van der Waals surface area contributed by atoms with E-state index in [1.165, 1.54) is 0 Å².